The molecule has 8 nitrogen and oxygen atoms in total. The van der Waals surface area contributed by atoms with Crippen LogP contribution in [0.1, 0.15) is 16.1 Å². The van der Waals surface area contributed by atoms with Crippen molar-refractivity contribution in [2.75, 3.05) is 12.0 Å². The van der Waals surface area contributed by atoms with Crippen LogP contribution >= 0.6 is 11.8 Å². The predicted molar refractivity (Wildman–Crippen MR) is 90.8 cm³/mol. The first-order valence-corrected chi connectivity index (χ1v) is 8.08. The zero-order valence-electron chi connectivity index (χ0n) is 12.8. The summed E-state index contributed by atoms with van der Waals surface area (Å²) in [7, 11) is 0. The van der Waals surface area contributed by atoms with Crippen molar-refractivity contribution in [3.8, 4) is 5.69 Å². The molecule has 0 spiro atoms. The average Bonchev–Trinajstić information content (AvgIpc) is 2.55. The van der Waals surface area contributed by atoms with E-state index in [1.165, 1.54) is 28.7 Å². The van der Waals surface area contributed by atoms with Crippen LogP contribution in [0.5, 0.6) is 0 Å². The summed E-state index contributed by atoms with van der Waals surface area (Å²) in [5, 5.41) is 10.1. The second-order valence-corrected chi connectivity index (χ2v) is 5.76. The highest BCUT2D eigenvalue weighted by Crippen LogP contribution is 2.24. The van der Waals surface area contributed by atoms with Crippen molar-refractivity contribution < 1.29 is 9.90 Å². The first kappa shape index (κ1) is 15.9. The molecular weight excluding hydrogens is 330 g/mol. The number of nitrogens with zero attached hydrogens (tertiary/aromatic N) is 4. The maximum absolute atomic E-state index is 12.7. The number of fused-ring (bicyclic) bond motifs is 1. The molecule has 3 aromatic heterocycles. The lowest BCUT2D eigenvalue weighted by molar-refractivity contribution is 0.0696. The second kappa shape index (κ2) is 5.93. The van der Waals surface area contributed by atoms with Crippen LogP contribution in [0.25, 0.3) is 16.7 Å². The van der Waals surface area contributed by atoms with Gasteiger partial charge in [0.25, 0.3) is 5.56 Å². The molecule has 0 radical (unpaired) electrons. The fourth-order valence-corrected chi connectivity index (χ4v) is 2.65. The number of nitrogens with two attached hydrogens (primary N) is 1. The van der Waals surface area contributed by atoms with Crippen molar-refractivity contribution in [3.05, 3.63) is 46.1 Å². The summed E-state index contributed by atoms with van der Waals surface area (Å²) in [5.41, 5.74) is 5.89. The Hall–Kier alpha value is -2.94. The number of pyridine rings is 2. The van der Waals surface area contributed by atoms with Gasteiger partial charge < -0.3 is 10.8 Å². The lowest BCUT2D eigenvalue weighted by Gasteiger charge is -2.13. The lowest BCUT2D eigenvalue weighted by atomic mass is 10.1. The summed E-state index contributed by atoms with van der Waals surface area (Å²) in [6.45, 7) is 1.81. The maximum Gasteiger partial charge on any atom is 0.343 e. The highest BCUT2D eigenvalue weighted by molar-refractivity contribution is 7.98. The number of carboxylic acids is 1. The Balaban J connectivity index is 2.50. The number of aryl methyl sites for hydroxylation is 1. The molecule has 3 aromatic rings. The molecule has 0 amide bonds. The summed E-state index contributed by atoms with van der Waals surface area (Å²) in [6, 6.07) is 3.40. The van der Waals surface area contributed by atoms with Gasteiger partial charge in [-0.3, -0.25) is 14.3 Å². The van der Waals surface area contributed by atoms with Gasteiger partial charge in [0.05, 0.1) is 23.0 Å². The molecule has 122 valence electrons. The van der Waals surface area contributed by atoms with Crippen LogP contribution in [-0.2, 0) is 0 Å². The summed E-state index contributed by atoms with van der Waals surface area (Å²) in [4.78, 5) is 36.8. The number of hydrogen-bond donors (Lipinski definition) is 2. The topological polar surface area (TPSA) is 124 Å². The van der Waals surface area contributed by atoms with Gasteiger partial charge in [-0.05, 0) is 25.3 Å². The van der Waals surface area contributed by atoms with E-state index in [9.17, 15) is 14.7 Å². The third kappa shape index (κ3) is 2.48. The Morgan fingerprint density at radius 1 is 1.29 bits per heavy atom. The van der Waals surface area contributed by atoms with E-state index in [0.717, 1.165) is 5.69 Å². The highest BCUT2D eigenvalue weighted by Gasteiger charge is 2.22. The number of carboxylic acid groups (broad SMARTS) is 1. The van der Waals surface area contributed by atoms with Crippen molar-refractivity contribution >= 4 is 34.5 Å². The first-order chi connectivity index (χ1) is 11.4. The number of nitrogen functional groups attached to an aromatic ring is 1. The SMILES string of the molecule is CSc1ncc2c(N)c(C(=O)O)c(=O)n(-c3ccc(C)nc3)c2n1. The molecule has 0 unspecified atom stereocenters. The predicted octanol–water partition coefficient (Wildman–Crippen LogP) is 1.49. The van der Waals surface area contributed by atoms with Gasteiger partial charge in [-0.1, -0.05) is 11.8 Å². The van der Waals surface area contributed by atoms with Crippen molar-refractivity contribution in [2.45, 2.75) is 12.1 Å². The van der Waals surface area contributed by atoms with Crippen molar-refractivity contribution in [2.24, 2.45) is 0 Å². The minimum absolute atomic E-state index is 0.147. The highest BCUT2D eigenvalue weighted by atomic mass is 32.2. The molecule has 0 aromatic carbocycles. The number of aromatic carboxylic acids is 1. The van der Waals surface area contributed by atoms with Crippen LogP contribution in [0.3, 0.4) is 0 Å². The van der Waals surface area contributed by atoms with Gasteiger partial charge in [0.2, 0.25) is 0 Å². The normalized spacial score (nSPS) is 10.9. The van der Waals surface area contributed by atoms with Gasteiger partial charge in [0, 0.05) is 11.9 Å². The zero-order chi connectivity index (χ0) is 17.4. The molecule has 0 saturated heterocycles. The van der Waals surface area contributed by atoms with Gasteiger partial charge in [0.1, 0.15) is 5.56 Å². The van der Waals surface area contributed by atoms with E-state index in [-0.39, 0.29) is 11.3 Å². The number of carbonyl (C=O) groups is 1. The van der Waals surface area contributed by atoms with Gasteiger partial charge in [0.15, 0.2) is 10.8 Å². The number of aromatic nitrogens is 4. The Morgan fingerprint density at radius 3 is 2.62 bits per heavy atom. The van der Waals surface area contributed by atoms with Crippen LogP contribution in [0, 0.1) is 6.92 Å². The fourth-order valence-electron chi connectivity index (χ4n) is 2.31. The average molecular weight is 343 g/mol. The molecule has 0 saturated carbocycles. The Kier molecular flexibility index (Phi) is 3.94. The van der Waals surface area contributed by atoms with E-state index in [1.807, 2.05) is 6.92 Å². The summed E-state index contributed by atoms with van der Waals surface area (Å²) in [5.74, 6) is -1.40. The Labute approximate surface area is 140 Å². The smallest absolute Gasteiger partial charge is 0.343 e. The van der Waals surface area contributed by atoms with Crippen LogP contribution < -0.4 is 11.3 Å². The van der Waals surface area contributed by atoms with E-state index >= 15 is 0 Å². The van der Waals surface area contributed by atoms with Gasteiger partial charge >= 0.3 is 5.97 Å². The van der Waals surface area contributed by atoms with Gasteiger partial charge in [-0.15, -0.1) is 0 Å². The van der Waals surface area contributed by atoms with Crippen molar-refractivity contribution in [1.82, 2.24) is 19.5 Å². The fraction of sp³-hybridized carbons (Fsp3) is 0.133. The van der Waals surface area contributed by atoms with Crippen LogP contribution in [0.2, 0.25) is 0 Å². The van der Waals surface area contributed by atoms with Crippen LogP contribution in [0.15, 0.2) is 34.5 Å². The Morgan fingerprint density at radius 2 is 2.04 bits per heavy atom. The van der Waals surface area contributed by atoms with E-state index < -0.39 is 17.1 Å². The summed E-state index contributed by atoms with van der Waals surface area (Å²) >= 11 is 1.30. The lowest BCUT2D eigenvalue weighted by Crippen LogP contribution is -2.28. The van der Waals surface area contributed by atoms with Crippen molar-refractivity contribution in [3.63, 3.8) is 0 Å². The number of rotatable bonds is 3. The third-order valence-corrected chi connectivity index (χ3v) is 4.05. The molecule has 3 N–H and O–H groups in total. The molecule has 3 heterocycles. The molecule has 9 heteroatoms. The molecule has 3 rings (SSSR count). The third-order valence-electron chi connectivity index (χ3n) is 3.49. The summed E-state index contributed by atoms with van der Waals surface area (Å²) in [6.07, 6.45) is 4.71. The van der Waals surface area contributed by atoms with E-state index in [1.54, 1.807) is 18.4 Å². The molecule has 0 fully saturated rings. The van der Waals surface area contributed by atoms with E-state index in [4.69, 9.17) is 5.73 Å². The monoisotopic (exact) mass is 343 g/mol. The first-order valence-electron chi connectivity index (χ1n) is 6.85. The summed E-state index contributed by atoms with van der Waals surface area (Å²) < 4.78 is 1.20. The van der Waals surface area contributed by atoms with Gasteiger partial charge in [-0.2, -0.15) is 0 Å². The largest absolute Gasteiger partial charge is 0.477 e. The molecule has 24 heavy (non-hydrogen) atoms. The molecule has 0 aliphatic heterocycles. The Bertz CT molecular complexity index is 1010. The maximum atomic E-state index is 12.7. The minimum atomic E-state index is -1.40. The zero-order valence-corrected chi connectivity index (χ0v) is 13.7. The molecule has 0 bridgehead atoms. The van der Waals surface area contributed by atoms with Crippen LogP contribution in [-0.4, -0.2) is 36.9 Å². The molecule has 0 atom stereocenters. The van der Waals surface area contributed by atoms with E-state index in [2.05, 4.69) is 15.0 Å². The number of hydrogen-bond acceptors (Lipinski definition) is 7. The van der Waals surface area contributed by atoms with Crippen LogP contribution in [0.4, 0.5) is 5.69 Å². The quantitative estimate of drug-likeness (QED) is 0.541. The number of anilines is 1. The van der Waals surface area contributed by atoms with Gasteiger partial charge in [-0.25, -0.2) is 14.8 Å². The van der Waals surface area contributed by atoms with Crippen molar-refractivity contribution in [1.29, 1.82) is 0 Å². The second-order valence-electron chi connectivity index (χ2n) is 4.99. The molecule has 0 aliphatic carbocycles. The number of thioether (sulfide) groups is 1. The standard InChI is InChI=1S/C15H13N5O3S/c1-7-3-4-8(5-17-7)20-12-9(6-18-15(19-12)24-2)11(16)10(13(20)21)14(22)23/h3-6H,16H2,1-2H3,(H,22,23). The van der Waals surface area contributed by atoms with E-state index in [0.29, 0.717) is 16.2 Å². The molecule has 0 aliphatic rings. The minimum Gasteiger partial charge on any atom is -0.477 e. The molecular formula is C15H13N5O3S.